The number of hydrogen-bond donors (Lipinski definition) is 2. The minimum atomic E-state index is -0.281. The molecule has 0 radical (unpaired) electrons. The molecule has 0 amide bonds. The SMILES string of the molecule is CN=C(NCc1cc(F)cc(Br)c1)Nc1ccc2c(c1)OCCCO2. The molecule has 0 saturated carbocycles. The Hall–Kier alpha value is -2.28. The number of nitrogens with one attached hydrogen (secondary N) is 2. The first-order valence-corrected chi connectivity index (χ1v) is 8.75. The summed E-state index contributed by atoms with van der Waals surface area (Å²) in [6.07, 6.45) is 0.865. The maximum atomic E-state index is 13.4. The molecule has 0 bridgehead atoms. The highest BCUT2D eigenvalue weighted by Crippen LogP contribution is 2.32. The summed E-state index contributed by atoms with van der Waals surface area (Å²) in [5.74, 6) is 1.76. The van der Waals surface area contributed by atoms with Gasteiger partial charge in [0, 0.05) is 36.2 Å². The van der Waals surface area contributed by atoms with E-state index >= 15 is 0 Å². The molecule has 3 rings (SSSR count). The molecule has 0 atom stereocenters. The maximum Gasteiger partial charge on any atom is 0.195 e. The number of halogens is 2. The lowest BCUT2D eigenvalue weighted by Crippen LogP contribution is -2.30. The summed E-state index contributed by atoms with van der Waals surface area (Å²) < 4.78 is 25.5. The Morgan fingerprint density at radius 2 is 1.96 bits per heavy atom. The highest BCUT2D eigenvalue weighted by molar-refractivity contribution is 9.10. The van der Waals surface area contributed by atoms with Crippen LogP contribution >= 0.6 is 15.9 Å². The van der Waals surface area contributed by atoms with Crippen LogP contribution in [-0.4, -0.2) is 26.2 Å². The topological polar surface area (TPSA) is 54.9 Å². The largest absolute Gasteiger partial charge is 0.490 e. The van der Waals surface area contributed by atoms with Crippen molar-refractivity contribution in [2.24, 2.45) is 4.99 Å². The Morgan fingerprint density at radius 3 is 2.72 bits per heavy atom. The number of anilines is 1. The Bertz CT molecular complexity index is 763. The smallest absolute Gasteiger partial charge is 0.195 e. The van der Waals surface area contributed by atoms with Gasteiger partial charge in [-0.15, -0.1) is 0 Å². The lowest BCUT2D eigenvalue weighted by Gasteiger charge is -2.14. The summed E-state index contributed by atoms with van der Waals surface area (Å²) in [6, 6.07) is 10.4. The van der Waals surface area contributed by atoms with Gasteiger partial charge in [0.2, 0.25) is 0 Å². The van der Waals surface area contributed by atoms with Gasteiger partial charge < -0.3 is 20.1 Å². The molecular formula is C18H19BrFN3O2. The van der Waals surface area contributed by atoms with Crippen LogP contribution in [0.5, 0.6) is 11.5 Å². The second-order valence-corrected chi connectivity index (χ2v) is 6.46. The highest BCUT2D eigenvalue weighted by Gasteiger charge is 2.11. The van der Waals surface area contributed by atoms with Crippen LogP contribution in [0.2, 0.25) is 0 Å². The molecule has 0 unspecified atom stereocenters. The van der Waals surface area contributed by atoms with Crippen LogP contribution in [0, 0.1) is 5.82 Å². The van der Waals surface area contributed by atoms with Crippen LogP contribution in [0.25, 0.3) is 0 Å². The fourth-order valence-electron chi connectivity index (χ4n) is 2.46. The number of benzene rings is 2. The van der Waals surface area contributed by atoms with Crippen molar-refractivity contribution in [3.8, 4) is 11.5 Å². The quantitative estimate of drug-likeness (QED) is 0.597. The van der Waals surface area contributed by atoms with Gasteiger partial charge >= 0.3 is 0 Å². The van der Waals surface area contributed by atoms with Crippen LogP contribution in [0.1, 0.15) is 12.0 Å². The number of hydrogen-bond acceptors (Lipinski definition) is 3. The van der Waals surface area contributed by atoms with E-state index in [4.69, 9.17) is 9.47 Å². The summed E-state index contributed by atoms with van der Waals surface area (Å²) in [5, 5.41) is 6.36. The Balaban J connectivity index is 1.65. The zero-order chi connectivity index (χ0) is 17.6. The van der Waals surface area contributed by atoms with Gasteiger partial charge in [0.25, 0.3) is 0 Å². The molecule has 7 heteroatoms. The molecule has 0 aromatic heterocycles. The van der Waals surface area contributed by atoms with Crippen LogP contribution in [0.4, 0.5) is 10.1 Å². The molecule has 0 aliphatic carbocycles. The van der Waals surface area contributed by atoms with E-state index in [1.54, 1.807) is 7.05 Å². The van der Waals surface area contributed by atoms with Gasteiger partial charge in [-0.3, -0.25) is 4.99 Å². The average Bonchev–Trinajstić information content (AvgIpc) is 2.82. The second kappa shape index (κ2) is 8.20. The van der Waals surface area contributed by atoms with Gasteiger partial charge in [-0.2, -0.15) is 0 Å². The number of nitrogens with zero attached hydrogens (tertiary/aromatic N) is 1. The van der Waals surface area contributed by atoms with Crippen molar-refractivity contribution in [1.29, 1.82) is 0 Å². The Kier molecular flexibility index (Phi) is 5.75. The molecule has 1 aliphatic heterocycles. The molecule has 0 fully saturated rings. The van der Waals surface area contributed by atoms with Gasteiger partial charge in [-0.25, -0.2) is 4.39 Å². The minimum Gasteiger partial charge on any atom is -0.490 e. The fourth-order valence-corrected chi connectivity index (χ4v) is 2.97. The van der Waals surface area contributed by atoms with Crippen molar-refractivity contribution in [3.63, 3.8) is 0 Å². The first kappa shape index (κ1) is 17.5. The molecule has 132 valence electrons. The molecule has 0 saturated heterocycles. The van der Waals surface area contributed by atoms with Crippen molar-refractivity contribution in [2.75, 3.05) is 25.6 Å². The molecule has 1 heterocycles. The molecule has 2 aromatic rings. The second-order valence-electron chi connectivity index (χ2n) is 5.54. The van der Waals surface area contributed by atoms with E-state index < -0.39 is 0 Å². The van der Waals surface area contributed by atoms with Gasteiger partial charge in [0.15, 0.2) is 17.5 Å². The van der Waals surface area contributed by atoms with E-state index in [9.17, 15) is 4.39 Å². The molecule has 2 aromatic carbocycles. The van der Waals surface area contributed by atoms with Gasteiger partial charge in [0.1, 0.15) is 5.82 Å². The normalized spacial score (nSPS) is 14.0. The monoisotopic (exact) mass is 407 g/mol. The first-order valence-electron chi connectivity index (χ1n) is 7.96. The van der Waals surface area contributed by atoms with Crippen molar-refractivity contribution in [3.05, 3.63) is 52.3 Å². The van der Waals surface area contributed by atoms with Gasteiger partial charge in [-0.05, 0) is 35.9 Å². The lowest BCUT2D eigenvalue weighted by atomic mass is 10.2. The molecule has 0 spiro atoms. The van der Waals surface area contributed by atoms with Crippen molar-refractivity contribution >= 4 is 27.6 Å². The number of aliphatic imine (C=N–C) groups is 1. The number of ether oxygens (including phenoxy) is 2. The molecule has 2 N–H and O–H groups in total. The zero-order valence-corrected chi connectivity index (χ0v) is 15.4. The fraction of sp³-hybridized carbons (Fsp3) is 0.278. The summed E-state index contributed by atoms with van der Waals surface area (Å²) in [4.78, 5) is 4.19. The Labute approximate surface area is 154 Å². The van der Waals surface area contributed by atoms with Crippen molar-refractivity contribution in [2.45, 2.75) is 13.0 Å². The lowest BCUT2D eigenvalue weighted by molar-refractivity contribution is 0.297. The third kappa shape index (κ3) is 4.85. The third-order valence-corrected chi connectivity index (χ3v) is 4.07. The predicted octanol–water partition coefficient (Wildman–Crippen LogP) is 3.94. The molecule has 1 aliphatic rings. The summed E-state index contributed by atoms with van der Waals surface area (Å²) >= 11 is 3.29. The standard InChI is InChI=1S/C18H19BrFN3O2/c1-21-18(22-11-12-7-13(19)9-14(20)8-12)23-15-3-4-16-17(10-15)25-6-2-5-24-16/h3-4,7-10H,2,5-6,11H2,1H3,(H2,21,22,23). The molecule has 25 heavy (non-hydrogen) atoms. The molecular weight excluding hydrogens is 389 g/mol. The third-order valence-electron chi connectivity index (χ3n) is 3.62. The van der Waals surface area contributed by atoms with E-state index in [0.717, 1.165) is 23.4 Å². The molecule has 5 nitrogen and oxygen atoms in total. The van der Waals surface area contributed by atoms with E-state index in [0.29, 0.717) is 35.9 Å². The van der Waals surface area contributed by atoms with Gasteiger partial charge in [-0.1, -0.05) is 15.9 Å². The average molecular weight is 408 g/mol. The predicted molar refractivity (Wildman–Crippen MR) is 100.0 cm³/mol. The van der Waals surface area contributed by atoms with Crippen LogP contribution < -0.4 is 20.1 Å². The van der Waals surface area contributed by atoms with E-state index in [-0.39, 0.29) is 5.82 Å². The summed E-state index contributed by atoms with van der Waals surface area (Å²) in [6.45, 7) is 1.74. The number of rotatable bonds is 3. The van der Waals surface area contributed by atoms with Crippen molar-refractivity contribution in [1.82, 2.24) is 5.32 Å². The van der Waals surface area contributed by atoms with E-state index in [1.165, 1.54) is 12.1 Å². The van der Waals surface area contributed by atoms with Crippen LogP contribution in [0.15, 0.2) is 45.9 Å². The summed E-state index contributed by atoms with van der Waals surface area (Å²) in [5.41, 5.74) is 1.64. The van der Waals surface area contributed by atoms with Crippen molar-refractivity contribution < 1.29 is 13.9 Å². The highest BCUT2D eigenvalue weighted by atomic mass is 79.9. The summed E-state index contributed by atoms with van der Waals surface area (Å²) in [7, 11) is 1.68. The minimum absolute atomic E-state index is 0.281. The zero-order valence-electron chi connectivity index (χ0n) is 13.8. The maximum absolute atomic E-state index is 13.4. The Morgan fingerprint density at radius 1 is 1.16 bits per heavy atom. The number of fused-ring (bicyclic) bond motifs is 1. The van der Waals surface area contributed by atoms with E-state index in [1.807, 2.05) is 24.3 Å². The van der Waals surface area contributed by atoms with Crippen LogP contribution in [-0.2, 0) is 6.54 Å². The first-order chi connectivity index (χ1) is 12.1. The van der Waals surface area contributed by atoms with E-state index in [2.05, 4.69) is 31.6 Å². The van der Waals surface area contributed by atoms with Crippen LogP contribution in [0.3, 0.4) is 0 Å². The number of guanidine groups is 1. The van der Waals surface area contributed by atoms with Gasteiger partial charge in [0.05, 0.1) is 13.2 Å².